The van der Waals surface area contributed by atoms with Crippen molar-refractivity contribution in [2.75, 3.05) is 31.2 Å². The highest BCUT2D eigenvalue weighted by atomic mass is 32.2. The first-order valence-corrected chi connectivity index (χ1v) is 7.42. The summed E-state index contributed by atoms with van der Waals surface area (Å²) in [6.07, 6.45) is 0. The summed E-state index contributed by atoms with van der Waals surface area (Å²) in [7, 11) is 0. The van der Waals surface area contributed by atoms with E-state index in [4.69, 9.17) is 4.74 Å². The van der Waals surface area contributed by atoms with Crippen LogP contribution >= 0.6 is 11.8 Å². The molecular weight excluding hydrogens is 252 g/mol. The molecule has 0 saturated carbocycles. The topological polar surface area (TPSA) is 67.4 Å². The molecule has 0 radical (unpaired) electrons. The fourth-order valence-corrected chi connectivity index (χ4v) is 2.48. The average molecular weight is 276 g/mol. The van der Waals surface area contributed by atoms with Crippen LogP contribution in [0.4, 0.5) is 0 Å². The van der Waals surface area contributed by atoms with Gasteiger partial charge in [-0.15, -0.1) is 11.8 Å². The predicted molar refractivity (Wildman–Crippen MR) is 74.7 cm³/mol. The van der Waals surface area contributed by atoms with Gasteiger partial charge < -0.3 is 15.4 Å². The van der Waals surface area contributed by atoms with Gasteiger partial charge in [-0.3, -0.25) is 9.59 Å². The van der Waals surface area contributed by atoms with Gasteiger partial charge in [0, 0.05) is 12.3 Å². The van der Waals surface area contributed by atoms with E-state index in [-0.39, 0.29) is 11.9 Å². The maximum Gasteiger partial charge on any atom is 0.326 e. The van der Waals surface area contributed by atoms with Crippen LogP contribution in [0.2, 0.25) is 0 Å². The van der Waals surface area contributed by atoms with Gasteiger partial charge in [0.05, 0.1) is 12.4 Å². The summed E-state index contributed by atoms with van der Waals surface area (Å²) in [5.41, 5.74) is -0.734. The van der Waals surface area contributed by atoms with Crippen molar-refractivity contribution in [1.82, 2.24) is 10.6 Å². The number of esters is 1. The number of hydrogen-bond acceptors (Lipinski definition) is 5. The molecule has 0 rings (SSSR count). The van der Waals surface area contributed by atoms with E-state index in [0.29, 0.717) is 31.2 Å². The molecule has 0 spiro atoms. The molecule has 0 aliphatic heterocycles. The highest BCUT2D eigenvalue weighted by molar-refractivity contribution is 8.00. The Bertz CT molecular complexity index is 274. The minimum absolute atomic E-state index is 0.00907. The van der Waals surface area contributed by atoms with E-state index in [0.717, 1.165) is 0 Å². The van der Waals surface area contributed by atoms with Crippen molar-refractivity contribution < 1.29 is 14.3 Å². The van der Waals surface area contributed by atoms with Crippen LogP contribution < -0.4 is 10.6 Å². The second kappa shape index (κ2) is 9.22. The Morgan fingerprint density at radius 3 is 2.39 bits per heavy atom. The Morgan fingerprint density at radius 1 is 1.22 bits per heavy atom. The molecule has 0 saturated heterocycles. The number of ether oxygens (including phenoxy) is 1. The molecule has 0 aromatic rings. The molecule has 1 amide bonds. The molecule has 0 fully saturated rings. The van der Waals surface area contributed by atoms with E-state index in [2.05, 4.69) is 10.6 Å². The van der Waals surface area contributed by atoms with Gasteiger partial charge in [-0.05, 0) is 27.3 Å². The lowest BCUT2D eigenvalue weighted by Gasteiger charge is -2.27. The molecule has 2 N–H and O–H groups in total. The highest BCUT2D eigenvalue weighted by Gasteiger charge is 2.33. The Balaban J connectivity index is 4.26. The maximum atomic E-state index is 11.9. The van der Waals surface area contributed by atoms with E-state index in [1.807, 2.05) is 13.8 Å². The van der Waals surface area contributed by atoms with Crippen LogP contribution in [0.25, 0.3) is 0 Å². The summed E-state index contributed by atoms with van der Waals surface area (Å²) >= 11 is 1.43. The first-order valence-electron chi connectivity index (χ1n) is 6.26. The van der Waals surface area contributed by atoms with Gasteiger partial charge >= 0.3 is 5.97 Å². The van der Waals surface area contributed by atoms with E-state index in [1.54, 1.807) is 13.8 Å². The van der Waals surface area contributed by atoms with Crippen LogP contribution in [-0.4, -0.2) is 48.6 Å². The third-order valence-corrected chi connectivity index (χ3v) is 3.54. The van der Waals surface area contributed by atoms with Crippen molar-refractivity contribution >= 4 is 23.6 Å². The number of nitrogens with one attached hydrogen (secondary N) is 2. The third kappa shape index (κ3) is 6.26. The molecule has 0 heterocycles. The molecule has 5 nitrogen and oxygen atoms in total. The second-order valence-electron chi connectivity index (χ2n) is 4.03. The summed E-state index contributed by atoms with van der Waals surface area (Å²) < 4.78 is 5.05. The van der Waals surface area contributed by atoms with Crippen molar-refractivity contribution in [2.45, 2.75) is 33.2 Å². The average Bonchev–Trinajstić information content (AvgIpc) is 2.30. The summed E-state index contributed by atoms with van der Waals surface area (Å²) in [5, 5.41) is 5.84. The fraction of sp³-hybridized carbons (Fsp3) is 0.833. The van der Waals surface area contributed by atoms with Crippen molar-refractivity contribution in [2.24, 2.45) is 0 Å². The lowest BCUT2D eigenvalue weighted by atomic mass is 10.1. The van der Waals surface area contributed by atoms with Crippen molar-refractivity contribution in [3.05, 3.63) is 0 Å². The van der Waals surface area contributed by atoms with Crippen molar-refractivity contribution in [1.29, 1.82) is 0 Å². The Hall–Kier alpha value is -0.750. The second-order valence-corrected chi connectivity index (χ2v) is 5.01. The molecule has 0 bridgehead atoms. The van der Waals surface area contributed by atoms with Gasteiger partial charge in [0.1, 0.15) is 5.54 Å². The zero-order valence-corrected chi connectivity index (χ0v) is 12.5. The molecule has 106 valence electrons. The normalized spacial score (nSPS) is 13.8. The smallest absolute Gasteiger partial charge is 0.326 e. The lowest BCUT2D eigenvalue weighted by Crippen LogP contribution is -2.52. The summed E-state index contributed by atoms with van der Waals surface area (Å²) in [5.74, 6) is 0.589. The fourth-order valence-electron chi connectivity index (χ4n) is 1.46. The summed E-state index contributed by atoms with van der Waals surface area (Å²) in [4.78, 5) is 23.2. The SMILES string of the molecule is CCNC(=O)CSCC(C)(NCC)C(=O)OCC. The minimum atomic E-state index is -0.734. The van der Waals surface area contributed by atoms with E-state index in [9.17, 15) is 9.59 Å². The van der Waals surface area contributed by atoms with E-state index < -0.39 is 5.54 Å². The number of hydrogen-bond donors (Lipinski definition) is 2. The highest BCUT2D eigenvalue weighted by Crippen LogP contribution is 2.15. The first-order chi connectivity index (χ1) is 8.50. The monoisotopic (exact) mass is 276 g/mol. The number of carbonyl (C=O) groups is 2. The minimum Gasteiger partial charge on any atom is -0.465 e. The summed E-state index contributed by atoms with van der Waals surface area (Å²) in [6.45, 7) is 9.07. The third-order valence-electron chi connectivity index (χ3n) is 2.29. The Labute approximate surface area is 113 Å². The maximum absolute atomic E-state index is 11.9. The van der Waals surface area contributed by atoms with Crippen LogP contribution in [0.5, 0.6) is 0 Å². The van der Waals surface area contributed by atoms with Gasteiger partial charge in [-0.25, -0.2) is 0 Å². The van der Waals surface area contributed by atoms with Gasteiger partial charge in [-0.1, -0.05) is 6.92 Å². The molecule has 0 aromatic carbocycles. The van der Waals surface area contributed by atoms with Crippen LogP contribution in [0.3, 0.4) is 0 Å². The molecule has 18 heavy (non-hydrogen) atoms. The molecule has 1 atom stereocenters. The number of likely N-dealkylation sites (N-methyl/N-ethyl adjacent to an activating group) is 1. The van der Waals surface area contributed by atoms with E-state index >= 15 is 0 Å². The van der Waals surface area contributed by atoms with Crippen LogP contribution in [0, 0.1) is 0 Å². The van der Waals surface area contributed by atoms with Crippen LogP contribution in [0.1, 0.15) is 27.7 Å². The van der Waals surface area contributed by atoms with Crippen molar-refractivity contribution in [3.63, 3.8) is 0 Å². The van der Waals surface area contributed by atoms with Gasteiger partial charge in [0.25, 0.3) is 0 Å². The van der Waals surface area contributed by atoms with Crippen LogP contribution in [0.15, 0.2) is 0 Å². The summed E-state index contributed by atoms with van der Waals surface area (Å²) in [6, 6.07) is 0. The van der Waals surface area contributed by atoms with Gasteiger partial charge in [0.15, 0.2) is 0 Å². The molecule has 1 unspecified atom stereocenters. The predicted octanol–water partition coefficient (Wildman–Crippen LogP) is 0.787. The number of carbonyl (C=O) groups excluding carboxylic acids is 2. The Kier molecular flexibility index (Phi) is 8.83. The van der Waals surface area contributed by atoms with Gasteiger partial charge in [-0.2, -0.15) is 0 Å². The van der Waals surface area contributed by atoms with Gasteiger partial charge in [0.2, 0.25) is 5.91 Å². The zero-order valence-electron chi connectivity index (χ0n) is 11.7. The number of thioether (sulfide) groups is 1. The Morgan fingerprint density at radius 2 is 1.89 bits per heavy atom. The number of amides is 1. The molecule has 0 aliphatic carbocycles. The first kappa shape index (κ1) is 17.2. The largest absolute Gasteiger partial charge is 0.465 e. The van der Waals surface area contributed by atoms with E-state index in [1.165, 1.54) is 11.8 Å². The number of rotatable bonds is 9. The molecule has 0 aliphatic rings. The molecule has 0 aromatic heterocycles. The quantitative estimate of drug-likeness (QED) is 0.609. The molecular formula is C12H24N2O3S. The van der Waals surface area contributed by atoms with Crippen LogP contribution in [-0.2, 0) is 14.3 Å². The lowest BCUT2D eigenvalue weighted by molar-refractivity contribution is -0.149. The standard InChI is InChI=1S/C12H24N2O3S/c1-5-13-10(15)8-18-9-12(4,14-6-2)11(16)17-7-3/h14H,5-9H2,1-4H3,(H,13,15). The van der Waals surface area contributed by atoms with Crippen molar-refractivity contribution in [3.8, 4) is 0 Å². The molecule has 6 heteroatoms. The zero-order chi connectivity index (χ0) is 14.0.